The number of rotatable bonds is 8. The summed E-state index contributed by atoms with van der Waals surface area (Å²) in [6.07, 6.45) is 2.38. The molecule has 34 heavy (non-hydrogen) atoms. The molecule has 9 heteroatoms. The second-order valence-corrected chi connectivity index (χ2v) is 7.55. The number of hydrogen-bond donors (Lipinski definition) is 3. The first-order valence-electron chi connectivity index (χ1n) is 10.7. The molecule has 2 heterocycles. The van der Waals surface area contributed by atoms with Crippen molar-refractivity contribution in [3.05, 3.63) is 60.3 Å². The van der Waals surface area contributed by atoms with E-state index >= 15 is 0 Å². The number of pyridine rings is 1. The van der Waals surface area contributed by atoms with Crippen LogP contribution in [0.4, 0.5) is 0 Å². The van der Waals surface area contributed by atoms with Crippen LogP contribution in [0.25, 0.3) is 33.5 Å². The van der Waals surface area contributed by atoms with Gasteiger partial charge in [0.05, 0.1) is 30.8 Å². The van der Waals surface area contributed by atoms with Gasteiger partial charge in [0.25, 0.3) is 5.91 Å². The first-order valence-corrected chi connectivity index (χ1v) is 10.7. The summed E-state index contributed by atoms with van der Waals surface area (Å²) in [6.45, 7) is 0.360. The molecule has 0 spiro atoms. The van der Waals surface area contributed by atoms with E-state index in [0.29, 0.717) is 46.8 Å². The number of amides is 1. The minimum atomic E-state index is -0.310. The van der Waals surface area contributed by atoms with Gasteiger partial charge in [-0.3, -0.25) is 9.59 Å². The summed E-state index contributed by atoms with van der Waals surface area (Å²) in [6, 6.07) is 14.0. The molecule has 0 saturated heterocycles. The van der Waals surface area contributed by atoms with Crippen LogP contribution in [-0.4, -0.2) is 52.7 Å². The van der Waals surface area contributed by atoms with Crippen molar-refractivity contribution in [2.24, 2.45) is 0 Å². The predicted molar refractivity (Wildman–Crippen MR) is 127 cm³/mol. The van der Waals surface area contributed by atoms with Gasteiger partial charge in [-0.05, 0) is 54.4 Å². The minimum Gasteiger partial charge on any atom is -0.507 e. The van der Waals surface area contributed by atoms with Crippen molar-refractivity contribution in [2.45, 2.75) is 12.8 Å². The molecule has 0 aliphatic rings. The Hall–Kier alpha value is -4.40. The summed E-state index contributed by atoms with van der Waals surface area (Å²) in [7, 11) is 2.89. The first kappa shape index (κ1) is 22.8. The largest absolute Gasteiger partial charge is 0.507 e. The lowest BCUT2D eigenvalue weighted by Gasteiger charge is -2.09. The van der Waals surface area contributed by atoms with E-state index in [1.54, 1.807) is 43.6 Å². The number of nitrogens with zero attached hydrogens (tertiary/aromatic N) is 2. The molecule has 0 fully saturated rings. The molecule has 0 aliphatic carbocycles. The average Bonchev–Trinajstić information content (AvgIpc) is 3.29. The van der Waals surface area contributed by atoms with Gasteiger partial charge in [0, 0.05) is 30.3 Å². The topological polar surface area (TPSA) is 126 Å². The van der Waals surface area contributed by atoms with E-state index in [2.05, 4.69) is 25.0 Å². The lowest BCUT2D eigenvalue weighted by molar-refractivity contribution is -0.140. The standard InChI is InChI=1S/C25H24N4O5/c1-33-22(31)6-4-11-26-24(32)16-7-9-19-20(14-16)29-23(28-19)18-13-15(8-10-21(18)30)17-5-3-12-27-25(17)34-2/h3,5,7-10,12-14,30H,4,6,11H2,1-2H3,(H,26,32)(H,28,29). The monoisotopic (exact) mass is 460 g/mol. The van der Waals surface area contributed by atoms with E-state index in [4.69, 9.17) is 4.74 Å². The summed E-state index contributed by atoms with van der Waals surface area (Å²) in [5.41, 5.74) is 3.87. The number of imidazole rings is 1. The van der Waals surface area contributed by atoms with Crippen molar-refractivity contribution in [1.82, 2.24) is 20.3 Å². The minimum absolute atomic E-state index is 0.0641. The Morgan fingerprint density at radius 2 is 1.94 bits per heavy atom. The lowest BCUT2D eigenvalue weighted by atomic mass is 10.0. The smallest absolute Gasteiger partial charge is 0.305 e. The van der Waals surface area contributed by atoms with Gasteiger partial charge < -0.3 is 24.9 Å². The third kappa shape index (κ3) is 4.83. The number of fused-ring (bicyclic) bond motifs is 1. The van der Waals surface area contributed by atoms with E-state index < -0.39 is 0 Å². The number of aromatic hydroxyl groups is 1. The number of benzene rings is 2. The number of ether oxygens (including phenoxy) is 2. The Labute approximate surface area is 195 Å². The van der Waals surface area contributed by atoms with E-state index in [1.165, 1.54) is 7.11 Å². The van der Waals surface area contributed by atoms with Gasteiger partial charge in [-0.2, -0.15) is 0 Å². The highest BCUT2D eigenvalue weighted by Crippen LogP contribution is 2.35. The fourth-order valence-corrected chi connectivity index (χ4v) is 3.58. The molecular weight excluding hydrogens is 436 g/mol. The maximum Gasteiger partial charge on any atom is 0.305 e. The Morgan fingerprint density at radius 1 is 1.09 bits per heavy atom. The molecular formula is C25H24N4O5. The predicted octanol–water partition coefficient (Wildman–Crippen LogP) is 3.69. The van der Waals surface area contributed by atoms with Crippen molar-refractivity contribution < 1.29 is 24.2 Å². The van der Waals surface area contributed by atoms with E-state index in [9.17, 15) is 14.7 Å². The zero-order chi connectivity index (χ0) is 24.1. The second kappa shape index (κ2) is 10.0. The number of carbonyl (C=O) groups excluding carboxylic acids is 2. The van der Waals surface area contributed by atoms with Crippen LogP contribution >= 0.6 is 0 Å². The van der Waals surface area contributed by atoms with Crippen LogP contribution in [0.2, 0.25) is 0 Å². The number of nitrogens with one attached hydrogen (secondary N) is 2. The summed E-state index contributed by atoms with van der Waals surface area (Å²) < 4.78 is 9.95. The van der Waals surface area contributed by atoms with Crippen LogP contribution in [-0.2, 0) is 9.53 Å². The fraction of sp³-hybridized carbons (Fsp3) is 0.200. The van der Waals surface area contributed by atoms with Crippen LogP contribution in [0.1, 0.15) is 23.2 Å². The molecule has 3 N–H and O–H groups in total. The molecule has 0 bridgehead atoms. The zero-order valence-electron chi connectivity index (χ0n) is 18.8. The maximum atomic E-state index is 12.5. The van der Waals surface area contributed by atoms with E-state index in [0.717, 1.165) is 11.1 Å². The van der Waals surface area contributed by atoms with Crippen molar-refractivity contribution >= 4 is 22.9 Å². The molecule has 4 aromatic rings. The van der Waals surface area contributed by atoms with Gasteiger partial charge in [-0.1, -0.05) is 6.07 Å². The molecule has 2 aromatic heterocycles. The Balaban J connectivity index is 1.57. The number of esters is 1. The van der Waals surface area contributed by atoms with Crippen molar-refractivity contribution in [3.8, 4) is 34.1 Å². The Kier molecular flexibility index (Phi) is 6.72. The number of aromatic nitrogens is 3. The van der Waals surface area contributed by atoms with Gasteiger partial charge in [0.2, 0.25) is 5.88 Å². The molecule has 0 atom stereocenters. The first-order chi connectivity index (χ1) is 16.5. The van der Waals surface area contributed by atoms with Gasteiger partial charge >= 0.3 is 5.97 Å². The third-order valence-corrected chi connectivity index (χ3v) is 5.34. The molecule has 9 nitrogen and oxygen atoms in total. The van der Waals surface area contributed by atoms with Crippen LogP contribution in [0, 0.1) is 0 Å². The highest BCUT2D eigenvalue weighted by atomic mass is 16.5. The number of H-pyrrole nitrogens is 1. The molecule has 0 aliphatic heterocycles. The Morgan fingerprint density at radius 3 is 2.74 bits per heavy atom. The molecule has 0 radical (unpaired) electrons. The van der Waals surface area contributed by atoms with E-state index in [1.807, 2.05) is 18.2 Å². The van der Waals surface area contributed by atoms with Crippen molar-refractivity contribution in [2.75, 3.05) is 20.8 Å². The van der Waals surface area contributed by atoms with Gasteiger partial charge in [0.15, 0.2) is 0 Å². The highest BCUT2D eigenvalue weighted by Gasteiger charge is 2.15. The number of aromatic amines is 1. The quantitative estimate of drug-likeness (QED) is 0.270. The van der Waals surface area contributed by atoms with Crippen molar-refractivity contribution in [3.63, 3.8) is 0 Å². The van der Waals surface area contributed by atoms with Crippen LogP contribution < -0.4 is 10.1 Å². The third-order valence-electron chi connectivity index (χ3n) is 5.34. The van der Waals surface area contributed by atoms with Crippen LogP contribution in [0.3, 0.4) is 0 Å². The van der Waals surface area contributed by atoms with Gasteiger partial charge in [-0.25, -0.2) is 9.97 Å². The summed E-state index contributed by atoms with van der Waals surface area (Å²) in [5.74, 6) is 0.444. The average molecular weight is 460 g/mol. The van der Waals surface area contributed by atoms with Crippen LogP contribution in [0.15, 0.2) is 54.7 Å². The maximum absolute atomic E-state index is 12.5. The lowest BCUT2D eigenvalue weighted by Crippen LogP contribution is -2.24. The molecule has 0 saturated carbocycles. The number of carbonyl (C=O) groups is 2. The Bertz CT molecular complexity index is 1350. The van der Waals surface area contributed by atoms with Crippen LogP contribution in [0.5, 0.6) is 11.6 Å². The fourth-order valence-electron chi connectivity index (χ4n) is 3.58. The van der Waals surface area contributed by atoms with Crippen molar-refractivity contribution in [1.29, 1.82) is 0 Å². The summed E-state index contributed by atoms with van der Waals surface area (Å²) in [4.78, 5) is 35.6. The molecule has 174 valence electrons. The number of phenolic OH excluding ortho intramolecular Hbond substituents is 1. The number of methoxy groups -OCH3 is 2. The van der Waals surface area contributed by atoms with Gasteiger partial charge in [0.1, 0.15) is 11.6 Å². The zero-order valence-corrected chi connectivity index (χ0v) is 18.8. The number of phenols is 1. The van der Waals surface area contributed by atoms with Gasteiger partial charge in [-0.15, -0.1) is 0 Å². The molecule has 1 amide bonds. The molecule has 0 unspecified atom stereocenters. The summed E-state index contributed by atoms with van der Waals surface area (Å²) >= 11 is 0. The summed E-state index contributed by atoms with van der Waals surface area (Å²) in [5, 5.41) is 13.3. The normalized spacial score (nSPS) is 10.8. The SMILES string of the molecule is COC(=O)CCCNC(=O)c1ccc2nc(-c3cc(-c4cccnc4OC)ccc3O)[nH]c2c1. The molecule has 4 rings (SSSR count). The second-order valence-electron chi connectivity index (χ2n) is 7.55. The highest BCUT2D eigenvalue weighted by molar-refractivity contribution is 5.97. The number of hydrogen-bond acceptors (Lipinski definition) is 7. The molecule has 2 aromatic carbocycles. The van der Waals surface area contributed by atoms with E-state index in [-0.39, 0.29) is 24.0 Å².